The van der Waals surface area contributed by atoms with Gasteiger partial charge in [0.1, 0.15) is 16.6 Å². The van der Waals surface area contributed by atoms with Crippen LogP contribution in [0.2, 0.25) is 5.02 Å². The number of halogens is 1. The Balaban J connectivity index is 1.87. The minimum absolute atomic E-state index is 0.490. The summed E-state index contributed by atoms with van der Waals surface area (Å²) in [5.74, 6) is 0. The number of nitrogens with one attached hydrogen (secondary N) is 1. The molecule has 2 aromatic carbocycles. The van der Waals surface area contributed by atoms with Gasteiger partial charge < -0.3 is 5.32 Å². The molecule has 0 saturated carbocycles. The number of aryl methyl sites for hydroxylation is 2. The van der Waals surface area contributed by atoms with E-state index >= 15 is 0 Å². The first-order valence-electron chi connectivity index (χ1n) is 8.15. The monoisotopic (exact) mass is 379 g/mol. The highest BCUT2D eigenvalue weighted by atomic mass is 35.5. The highest BCUT2D eigenvalue weighted by molar-refractivity contribution is 7.11. The first-order chi connectivity index (χ1) is 12.5. The highest BCUT2D eigenvalue weighted by Crippen LogP contribution is 2.28. The summed E-state index contributed by atoms with van der Waals surface area (Å²) < 4.78 is 0. The van der Waals surface area contributed by atoms with Crippen LogP contribution < -0.4 is 5.32 Å². The third kappa shape index (κ3) is 3.80. The zero-order valence-electron chi connectivity index (χ0n) is 14.8. The van der Waals surface area contributed by atoms with Gasteiger partial charge in [-0.15, -0.1) is 11.3 Å². The summed E-state index contributed by atoms with van der Waals surface area (Å²) in [6.07, 6.45) is 1.68. The zero-order chi connectivity index (χ0) is 18.7. The maximum absolute atomic E-state index is 9.52. The molecule has 26 heavy (non-hydrogen) atoms. The van der Waals surface area contributed by atoms with Crippen LogP contribution in [0.1, 0.15) is 21.7 Å². The summed E-state index contributed by atoms with van der Waals surface area (Å²) in [6.45, 7) is 6.11. The molecule has 0 radical (unpaired) electrons. The lowest BCUT2D eigenvalue weighted by Crippen LogP contribution is -1.94. The van der Waals surface area contributed by atoms with Gasteiger partial charge in [-0.05, 0) is 55.7 Å². The van der Waals surface area contributed by atoms with Gasteiger partial charge in [0.05, 0.1) is 5.69 Å². The zero-order valence-corrected chi connectivity index (χ0v) is 16.4. The number of hydrogen-bond donors (Lipinski definition) is 1. The van der Waals surface area contributed by atoms with Gasteiger partial charge in [-0.2, -0.15) is 5.26 Å². The van der Waals surface area contributed by atoms with Crippen molar-refractivity contribution < 1.29 is 0 Å². The predicted octanol–water partition coefficient (Wildman–Crippen LogP) is 6.37. The lowest BCUT2D eigenvalue weighted by atomic mass is 10.1. The number of anilines is 1. The summed E-state index contributed by atoms with van der Waals surface area (Å²) in [6, 6.07) is 14.1. The topological polar surface area (TPSA) is 48.7 Å². The van der Waals surface area contributed by atoms with Crippen molar-refractivity contribution in [3.05, 3.63) is 74.7 Å². The molecule has 0 spiro atoms. The number of nitrogens with zero attached hydrogens (tertiary/aromatic N) is 2. The van der Waals surface area contributed by atoms with E-state index < -0.39 is 0 Å². The van der Waals surface area contributed by atoms with Gasteiger partial charge in [-0.3, -0.25) is 0 Å². The predicted molar refractivity (Wildman–Crippen MR) is 110 cm³/mol. The fraction of sp³-hybridized carbons (Fsp3) is 0.143. The van der Waals surface area contributed by atoms with Crippen molar-refractivity contribution in [2.75, 3.05) is 5.32 Å². The van der Waals surface area contributed by atoms with Crippen LogP contribution in [0.5, 0.6) is 0 Å². The van der Waals surface area contributed by atoms with Gasteiger partial charge in [0.25, 0.3) is 0 Å². The Kier molecular flexibility index (Phi) is 5.41. The third-order valence-corrected chi connectivity index (χ3v) is 5.58. The molecule has 0 amide bonds. The van der Waals surface area contributed by atoms with E-state index in [1.807, 2.05) is 30.5 Å². The second kappa shape index (κ2) is 7.74. The molecule has 0 unspecified atom stereocenters. The van der Waals surface area contributed by atoms with Crippen LogP contribution in [0.4, 0.5) is 5.69 Å². The van der Waals surface area contributed by atoms with Crippen LogP contribution in [-0.2, 0) is 0 Å². The highest BCUT2D eigenvalue weighted by Gasteiger charge is 2.10. The largest absolute Gasteiger partial charge is 0.360 e. The van der Waals surface area contributed by atoms with Gasteiger partial charge in [0.15, 0.2) is 0 Å². The smallest absolute Gasteiger partial charge is 0.136 e. The molecular weight excluding hydrogens is 362 g/mol. The average Bonchev–Trinajstić information content (AvgIpc) is 3.11. The van der Waals surface area contributed by atoms with Crippen molar-refractivity contribution in [1.82, 2.24) is 4.98 Å². The molecule has 0 atom stereocenters. The Morgan fingerprint density at radius 3 is 2.73 bits per heavy atom. The molecule has 3 rings (SSSR count). The Morgan fingerprint density at radius 1 is 1.19 bits per heavy atom. The van der Waals surface area contributed by atoms with E-state index in [1.54, 1.807) is 6.20 Å². The normalized spacial score (nSPS) is 11.3. The maximum Gasteiger partial charge on any atom is 0.136 e. The Hall–Kier alpha value is -2.61. The second-order valence-corrected chi connectivity index (χ2v) is 7.33. The van der Waals surface area contributed by atoms with Crippen molar-refractivity contribution >= 4 is 34.2 Å². The Morgan fingerprint density at radius 2 is 2.00 bits per heavy atom. The molecule has 1 N–H and O–H groups in total. The van der Waals surface area contributed by atoms with E-state index in [0.717, 1.165) is 22.5 Å². The van der Waals surface area contributed by atoms with Gasteiger partial charge in [0.2, 0.25) is 0 Å². The van der Waals surface area contributed by atoms with Crippen molar-refractivity contribution in [2.45, 2.75) is 20.8 Å². The Labute approximate surface area is 162 Å². The number of thiazole rings is 1. The summed E-state index contributed by atoms with van der Waals surface area (Å²) >= 11 is 7.60. The van der Waals surface area contributed by atoms with Crippen molar-refractivity contribution in [3.63, 3.8) is 0 Å². The van der Waals surface area contributed by atoms with E-state index in [4.69, 9.17) is 11.6 Å². The molecule has 0 fully saturated rings. The summed E-state index contributed by atoms with van der Waals surface area (Å²) in [4.78, 5) is 4.64. The second-order valence-electron chi connectivity index (χ2n) is 6.06. The Bertz CT molecular complexity index is 1030. The first-order valence-corrected chi connectivity index (χ1v) is 9.41. The number of aromatic nitrogens is 1. The molecule has 0 saturated heterocycles. The van der Waals surface area contributed by atoms with Crippen LogP contribution >= 0.6 is 22.9 Å². The molecule has 130 valence electrons. The van der Waals surface area contributed by atoms with Crippen LogP contribution in [-0.4, -0.2) is 4.98 Å². The number of nitriles is 1. The van der Waals surface area contributed by atoms with Crippen LogP contribution in [0, 0.1) is 32.1 Å². The van der Waals surface area contributed by atoms with Crippen LogP contribution in [0.25, 0.3) is 16.8 Å². The fourth-order valence-electron chi connectivity index (χ4n) is 2.49. The maximum atomic E-state index is 9.52. The lowest BCUT2D eigenvalue weighted by molar-refractivity contribution is 1.31. The minimum atomic E-state index is 0.490. The van der Waals surface area contributed by atoms with Crippen molar-refractivity contribution in [3.8, 4) is 17.3 Å². The summed E-state index contributed by atoms with van der Waals surface area (Å²) in [5, 5.41) is 16.0. The molecular formula is C21H18ClN3S. The van der Waals surface area contributed by atoms with E-state index in [0.29, 0.717) is 15.6 Å². The molecule has 3 nitrogen and oxygen atoms in total. The lowest BCUT2D eigenvalue weighted by Gasteiger charge is -2.07. The van der Waals surface area contributed by atoms with Crippen LogP contribution in [0.3, 0.4) is 0 Å². The van der Waals surface area contributed by atoms with Gasteiger partial charge in [-0.1, -0.05) is 29.8 Å². The standard InChI is InChI=1S/C21H18ClN3S/c1-13-7-8-16(9-14(13)2)20-12-26-21(25-20)17(10-23)11-24-19-6-4-5-18(22)15(19)3/h4-9,11-12,24H,1-3H3/b17-11-. The van der Waals surface area contributed by atoms with Gasteiger partial charge in [-0.25, -0.2) is 4.98 Å². The van der Waals surface area contributed by atoms with Gasteiger partial charge >= 0.3 is 0 Å². The van der Waals surface area contributed by atoms with E-state index in [-0.39, 0.29) is 0 Å². The molecule has 0 bridgehead atoms. The van der Waals surface area contributed by atoms with E-state index in [1.165, 1.54) is 22.5 Å². The number of benzene rings is 2. The third-order valence-electron chi connectivity index (χ3n) is 4.30. The molecule has 1 heterocycles. The van der Waals surface area contributed by atoms with E-state index in [9.17, 15) is 5.26 Å². The van der Waals surface area contributed by atoms with Crippen LogP contribution in [0.15, 0.2) is 48.0 Å². The molecule has 0 aliphatic heterocycles. The summed E-state index contributed by atoms with van der Waals surface area (Å²) in [5.41, 5.74) is 6.73. The van der Waals surface area contributed by atoms with Gasteiger partial charge in [0, 0.05) is 27.9 Å². The molecule has 0 aliphatic rings. The average molecular weight is 380 g/mol. The van der Waals surface area contributed by atoms with Crippen molar-refractivity contribution in [2.24, 2.45) is 0 Å². The number of hydrogen-bond acceptors (Lipinski definition) is 4. The molecule has 3 aromatic rings. The SMILES string of the molecule is Cc1ccc(-c2csc(/C(C#N)=C\Nc3cccc(Cl)c3C)n2)cc1C. The molecule has 0 aliphatic carbocycles. The first kappa shape index (κ1) is 18.2. The number of rotatable bonds is 4. The molecule has 5 heteroatoms. The minimum Gasteiger partial charge on any atom is -0.360 e. The molecule has 1 aromatic heterocycles. The number of allylic oxidation sites excluding steroid dienone is 1. The fourth-order valence-corrected chi connectivity index (χ4v) is 3.46. The van der Waals surface area contributed by atoms with E-state index in [2.05, 4.69) is 48.4 Å². The summed E-state index contributed by atoms with van der Waals surface area (Å²) in [7, 11) is 0. The quantitative estimate of drug-likeness (QED) is 0.536. The van der Waals surface area contributed by atoms with Crippen molar-refractivity contribution in [1.29, 1.82) is 5.26 Å².